The maximum atomic E-state index is 12.6. The SMILES string of the molecule is CC(=O)N(C)N.CC(=O)N(C)NC(=O)[C@@H]1CC[C@@H]2CN1C(=O)N2OCc1ccccc1.O=C(O)[C@@H]1CC[C@@H]2CN1C(=O)N2OCc1ccccc1. The summed E-state index contributed by atoms with van der Waals surface area (Å²) >= 11 is 0. The van der Waals surface area contributed by atoms with Gasteiger partial charge in [-0.1, -0.05) is 60.7 Å². The van der Waals surface area contributed by atoms with Crippen LogP contribution in [0, 0.1) is 0 Å². The van der Waals surface area contributed by atoms with Crippen LogP contribution in [0.25, 0.3) is 0 Å². The Balaban J connectivity index is 0.000000201. The molecule has 0 aliphatic carbocycles. The summed E-state index contributed by atoms with van der Waals surface area (Å²) in [4.78, 5) is 83.7. The third-order valence-electron chi connectivity index (χ3n) is 8.91. The maximum Gasteiger partial charge on any atom is 0.345 e. The Labute approximate surface area is 296 Å². The summed E-state index contributed by atoms with van der Waals surface area (Å²) in [6.07, 6.45) is 2.36. The third kappa shape index (κ3) is 9.93. The Morgan fingerprint density at radius 1 is 0.745 bits per heavy atom. The lowest BCUT2D eigenvalue weighted by atomic mass is 10.0. The van der Waals surface area contributed by atoms with Gasteiger partial charge in [-0.15, -0.1) is 0 Å². The van der Waals surface area contributed by atoms with Crippen molar-refractivity contribution in [3.05, 3.63) is 71.8 Å². The molecule has 4 saturated heterocycles. The van der Waals surface area contributed by atoms with Gasteiger partial charge in [-0.05, 0) is 36.8 Å². The smallest absolute Gasteiger partial charge is 0.345 e. The molecule has 4 bridgehead atoms. The molecule has 17 heteroatoms. The summed E-state index contributed by atoms with van der Waals surface area (Å²) in [6.45, 7) is 4.27. The lowest BCUT2D eigenvalue weighted by Crippen LogP contribution is -2.54. The van der Waals surface area contributed by atoms with Crippen LogP contribution in [-0.2, 0) is 42.1 Å². The number of benzene rings is 2. The number of carbonyl (C=O) groups is 6. The van der Waals surface area contributed by atoms with Crippen LogP contribution in [0.1, 0.15) is 50.7 Å². The van der Waals surface area contributed by atoms with Crippen LogP contribution < -0.4 is 11.3 Å². The number of hydrazine groups is 2. The molecular weight excluding hydrogens is 664 g/mol. The van der Waals surface area contributed by atoms with E-state index in [-0.39, 0.29) is 41.9 Å². The van der Waals surface area contributed by atoms with E-state index >= 15 is 0 Å². The predicted molar refractivity (Wildman–Crippen MR) is 181 cm³/mol. The van der Waals surface area contributed by atoms with E-state index < -0.39 is 18.1 Å². The first-order chi connectivity index (χ1) is 24.3. The van der Waals surface area contributed by atoms with Gasteiger partial charge in [-0.25, -0.2) is 20.2 Å². The van der Waals surface area contributed by atoms with Crippen LogP contribution in [-0.4, -0.2) is 122 Å². The largest absolute Gasteiger partial charge is 0.480 e. The fourth-order valence-corrected chi connectivity index (χ4v) is 5.88. The number of nitrogens with one attached hydrogen (secondary N) is 1. The van der Waals surface area contributed by atoms with Gasteiger partial charge in [0.05, 0.1) is 12.1 Å². The summed E-state index contributed by atoms with van der Waals surface area (Å²) in [5.41, 5.74) is 4.47. The normalized spacial score (nSPS) is 21.6. The molecule has 0 saturated carbocycles. The molecule has 4 atom stereocenters. The number of hydrogen-bond donors (Lipinski definition) is 3. The van der Waals surface area contributed by atoms with Crippen LogP contribution in [0.5, 0.6) is 0 Å². The van der Waals surface area contributed by atoms with Crippen molar-refractivity contribution in [1.82, 2.24) is 35.4 Å². The first-order valence-corrected chi connectivity index (χ1v) is 16.6. The second-order valence-corrected chi connectivity index (χ2v) is 12.6. The van der Waals surface area contributed by atoms with Crippen molar-refractivity contribution in [2.75, 3.05) is 27.2 Å². The minimum atomic E-state index is -0.943. The van der Waals surface area contributed by atoms with Crippen molar-refractivity contribution >= 4 is 35.8 Å². The van der Waals surface area contributed by atoms with Crippen LogP contribution in [0.3, 0.4) is 0 Å². The number of piperidine rings is 2. The first-order valence-electron chi connectivity index (χ1n) is 16.6. The van der Waals surface area contributed by atoms with Gasteiger partial charge in [-0.2, -0.15) is 10.1 Å². The molecule has 0 unspecified atom stereocenters. The molecule has 6 rings (SSSR count). The van der Waals surface area contributed by atoms with Crippen molar-refractivity contribution in [2.24, 2.45) is 5.84 Å². The molecule has 4 aliphatic rings. The number of aliphatic carboxylic acids is 1. The number of amides is 7. The highest BCUT2D eigenvalue weighted by atomic mass is 16.7. The Hall–Kier alpha value is -5.26. The fourth-order valence-electron chi connectivity index (χ4n) is 5.88. The molecule has 17 nitrogen and oxygen atoms in total. The third-order valence-corrected chi connectivity index (χ3v) is 8.91. The number of rotatable bonds is 8. The van der Waals surface area contributed by atoms with E-state index in [1.54, 1.807) is 0 Å². The van der Waals surface area contributed by atoms with Gasteiger partial charge in [0.1, 0.15) is 25.3 Å². The summed E-state index contributed by atoms with van der Waals surface area (Å²) < 4.78 is 0. The molecule has 2 aromatic rings. The van der Waals surface area contributed by atoms with Gasteiger partial charge in [0.15, 0.2) is 0 Å². The molecule has 276 valence electrons. The van der Waals surface area contributed by atoms with E-state index in [1.807, 2.05) is 60.7 Å². The van der Waals surface area contributed by atoms with Gasteiger partial charge in [0.25, 0.3) is 5.91 Å². The molecule has 0 aromatic heterocycles. The van der Waals surface area contributed by atoms with E-state index in [0.717, 1.165) is 21.1 Å². The topological polar surface area (TPSA) is 199 Å². The lowest BCUT2D eigenvalue weighted by molar-refractivity contribution is -0.143. The number of hydroxylamine groups is 4. The number of carbonyl (C=O) groups excluding carboxylic acids is 5. The molecule has 2 aromatic carbocycles. The Morgan fingerprint density at radius 2 is 1.16 bits per heavy atom. The molecule has 7 amide bonds. The zero-order valence-electron chi connectivity index (χ0n) is 29.2. The molecule has 0 radical (unpaired) electrons. The molecule has 4 heterocycles. The first kappa shape index (κ1) is 38.5. The molecular formula is C34H46N8O9. The number of nitrogens with two attached hydrogens (primary N) is 1. The zero-order chi connectivity index (χ0) is 37.2. The van der Waals surface area contributed by atoms with E-state index in [0.29, 0.717) is 52.0 Å². The number of fused-ring (bicyclic) bond motifs is 4. The minimum Gasteiger partial charge on any atom is -0.480 e. The number of nitrogens with zero attached hydrogens (tertiary/aromatic N) is 6. The number of carboxylic acid groups (broad SMARTS) is 1. The number of hydrogen-bond acceptors (Lipinski definition) is 9. The highest BCUT2D eigenvalue weighted by Crippen LogP contribution is 2.31. The summed E-state index contributed by atoms with van der Waals surface area (Å²) in [5, 5.41) is 14.0. The van der Waals surface area contributed by atoms with E-state index in [2.05, 4.69) is 5.43 Å². The van der Waals surface area contributed by atoms with Crippen LogP contribution >= 0.6 is 0 Å². The van der Waals surface area contributed by atoms with Gasteiger partial charge in [0, 0.05) is 41.0 Å². The molecule has 4 fully saturated rings. The van der Waals surface area contributed by atoms with Crippen molar-refractivity contribution in [1.29, 1.82) is 0 Å². The summed E-state index contributed by atoms with van der Waals surface area (Å²) in [7, 11) is 2.98. The quantitative estimate of drug-likeness (QED) is 0.206. The van der Waals surface area contributed by atoms with Crippen LogP contribution in [0.4, 0.5) is 9.59 Å². The second kappa shape index (κ2) is 17.6. The molecule has 4 aliphatic heterocycles. The van der Waals surface area contributed by atoms with Crippen molar-refractivity contribution < 1.29 is 43.5 Å². The standard InChI is InChI=1S/C17H22N4O4.C14H16N2O4.C3H8N2O/c1-12(22)19(2)18-16(23)15-9-8-14-10-20(15)17(24)21(14)25-11-13-6-4-3-5-7-13;17-13(18)12-7-6-11-8-15(12)14(19)16(11)20-9-10-4-2-1-3-5-10;1-3(6)5(2)4/h3-7,14-15H,8-11H2,1-2H3,(H,18,23);1-5,11-12H,6-9H2,(H,17,18);4H2,1-2H3/t14-,15+;11-,12+;/m11./s1. The molecule has 4 N–H and O–H groups in total. The highest BCUT2D eigenvalue weighted by Gasteiger charge is 2.49. The lowest BCUT2D eigenvalue weighted by Gasteiger charge is -2.30. The van der Waals surface area contributed by atoms with Gasteiger partial charge < -0.3 is 14.9 Å². The molecule has 0 spiro atoms. The zero-order valence-corrected chi connectivity index (χ0v) is 29.2. The van der Waals surface area contributed by atoms with E-state index in [4.69, 9.17) is 20.6 Å². The highest BCUT2D eigenvalue weighted by molar-refractivity contribution is 5.89. The predicted octanol–water partition coefficient (Wildman–Crippen LogP) is 1.71. The number of carboxylic acids is 1. The van der Waals surface area contributed by atoms with Crippen molar-refractivity contribution in [2.45, 2.75) is 76.9 Å². The fraction of sp³-hybridized carbons (Fsp3) is 0.471. The van der Waals surface area contributed by atoms with E-state index in [1.165, 1.54) is 47.9 Å². The van der Waals surface area contributed by atoms with Gasteiger partial charge >= 0.3 is 18.0 Å². The van der Waals surface area contributed by atoms with Crippen molar-refractivity contribution in [3.63, 3.8) is 0 Å². The van der Waals surface area contributed by atoms with E-state index in [9.17, 15) is 28.8 Å². The summed E-state index contributed by atoms with van der Waals surface area (Å²) in [5.74, 6) is 3.22. The Morgan fingerprint density at radius 3 is 1.55 bits per heavy atom. The average molecular weight is 711 g/mol. The van der Waals surface area contributed by atoms with Gasteiger partial charge in [-0.3, -0.25) is 39.5 Å². The van der Waals surface area contributed by atoms with Crippen LogP contribution in [0.15, 0.2) is 60.7 Å². The average Bonchev–Trinajstić information content (AvgIpc) is 3.49. The molecule has 51 heavy (non-hydrogen) atoms. The van der Waals surface area contributed by atoms with Crippen LogP contribution in [0.2, 0.25) is 0 Å². The monoisotopic (exact) mass is 710 g/mol. The number of urea groups is 2. The Kier molecular flexibility index (Phi) is 13.3. The second-order valence-electron chi connectivity index (χ2n) is 12.6. The van der Waals surface area contributed by atoms with Gasteiger partial charge in [0.2, 0.25) is 11.8 Å². The summed E-state index contributed by atoms with van der Waals surface area (Å²) in [6, 6.07) is 17.2. The maximum absolute atomic E-state index is 12.6. The minimum absolute atomic E-state index is 0.0400. The van der Waals surface area contributed by atoms with Crippen molar-refractivity contribution in [3.8, 4) is 0 Å². The Bertz CT molecular complexity index is 1550.